The molecule has 1 aromatic heterocycles. The number of benzene rings is 2. The van der Waals surface area contributed by atoms with Crippen molar-refractivity contribution in [3.05, 3.63) is 65.1 Å². The molecule has 1 saturated carbocycles. The summed E-state index contributed by atoms with van der Waals surface area (Å²) in [4.78, 5) is 10.7. The summed E-state index contributed by atoms with van der Waals surface area (Å²) in [5.74, 6) is -3.44. The summed E-state index contributed by atoms with van der Waals surface area (Å²) in [6, 6.07) is 6.16. The summed E-state index contributed by atoms with van der Waals surface area (Å²) in [6.07, 6.45) is 2.10. The molecule has 1 aliphatic rings. The standard InChI is InChI=1S/C23H23F3N2O4S/c1-13-23(18-10-15(24)4-8-20(18)28(13)12-22(29)30)14-2-6-17(7-3-14)27-33(31,32)21-9-5-16(25)11-19(21)26/h4-5,8-11,14,17,27H,2-3,6-7,12H2,1H3,(H,29,30). The normalized spacial score (nSPS) is 19.2. The minimum Gasteiger partial charge on any atom is -0.480 e. The van der Waals surface area contributed by atoms with Gasteiger partial charge in [0.1, 0.15) is 28.9 Å². The Hall–Kier alpha value is -2.85. The van der Waals surface area contributed by atoms with Crippen molar-refractivity contribution in [1.29, 1.82) is 0 Å². The van der Waals surface area contributed by atoms with E-state index in [0.29, 0.717) is 42.7 Å². The van der Waals surface area contributed by atoms with Crippen LogP contribution in [0.4, 0.5) is 13.2 Å². The van der Waals surface area contributed by atoms with E-state index >= 15 is 0 Å². The van der Waals surface area contributed by atoms with Gasteiger partial charge in [0.25, 0.3) is 0 Å². The Morgan fingerprint density at radius 3 is 2.33 bits per heavy atom. The van der Waals surface area contributed by atoms with E-state index in [1.165, 1.54) is 12.1 Å². The molecule has 0 spiro atoms. The third-order valence-electron chi connectivity index (χ3n) is 6.27. The van der Waals surface area contributed by atoms with Gasteiger partial charge in [-0.05, 0) is 74.4 Å². The van der Waals surface area contributed by atoms with Gasteiger partial charge >= 0.3 is 5.97 Å². The second-order valence-electron chi connectivity index (χ2n) is 8.39. The van der Waals surface area contributed by atoms with E-state index in [2.05, 4.69) is 4.72 Å². The molecule has 0 aliphatic heterocycles. The van der Waals surface area contributed by atoms with Crippen LogP contribution in [-0.2, 0) is 21.4 Å². The minimum atomic E-state index is -4.16. The lowest BCUT2D eigenvalue weighted by Gasteiger charge is -2.29. The van der Waals surface area contributed by atoms with Crippen molar-refractivity contribution in [2.24, 2.45) is 0 Å². The Morgan fingerprint density at radius 1 is 1.06 bits per heavy atom. The number of rotatable bonds is 6. The van der Waals surface area contributed by atoms with E-state index in [1.54, 1.807) is 10.6 Å². The molecule has 176 valence electrons. The lowest BCUT2D eigenvalue weighted by atomic mass is 9.81. The molecule has 10 heteroatoms. The quantitative estimate of drug-likeness (QED) is 0.546. The number of carboxylic acids is 1. The molecular formula is C23H23F3N2O4S. The summed E-state index contributed by atoms with van der Waals surface area (Å²) in [6.45, 7) is 1.56. The van der Waals surface area contributed by atoms with E-state index in [9.17, 15) is 31.5 Å². The van der Waals surface area contributed by atoms with Gasteiger partial charge in [-0.3, -0.25) is 4.79 Å². The lowest BCUT2D eigenvalue weighted by Crippen LogP contribution is -2.37. The maximum absolute atomic E-state index is 14.0. The van der Waals surface area contributed by atoms with Crippen molar-refractivity contribution >= 4 is 26.9 Å². The van der Waals surface area contributed by atoms with Gasteiger partial charge < -0.3 is 9.67 Å². The Labute approximate surface area is 189 Å². The number of carboxylic acid groups (broad SMARTS) is 1. The molecule has 0 bridgehead atoms. The Kier molecular flexibility index (Phi) is 6.24. The molecule has 0 unspecified atom stereocenters. The van der Waals surface area contributed by atoms with Crippen LogP contribution in [0.15, 0.2) is 41.3 Å². The molecule has 0 saturated heterocycles. The molecule has 0 radical (unpaired) electrons. The van der Waals surface area contributed by atoms with E-state index in [-0.39, 0.29) is 12.5 Å². The van der Waals surface area contributed by atoms with E-state index in [0.717, 1.165) is 23.4 Å². The maximum Gasteiger partial charge on any atom is 0.323 e. The predicted octanol–water partition coefficient (Wildman–Crippen LogP) is 4.46. The highest BCUT2D eigenvalue weighted by Gasteiger charge is 2.31. The van der Waals surface area contributed by atoms with Crippen LogP contribution in [0.1, 0.15) is 42.9 Å². The van der Waals surface area contributed by atoms with Gasteiger partial charge in [-0.2, -0.15) is 0 Å². The van der Waals surface area contributed by atoms with E-state index in [4.69, 9.17) is 0 Å². The van der Waals surface area contributed by atoms with Crippen LogP contribution < -0.4 is 4.72 Å². The van der Waals surface area contributed by atoms with Crippen molar-refractivity contribution in [2.75, 3.05) is 0 Å². The first-order valence-electron chi connectivity index (χ1n) is 10.5. The van der Waals surface area contributed by atoms with Gasteiger partial charge in [-0.25, -0.2) is 26.3 Å². The maximum atomic E-state index is 14.0. The van der Waals surface area contributed by atoms with Crippen LogP contribution in [0.3, 0.4) is 0 Å². The number of hydrogen-bond donors (Lipinski definition) is 2. The number of aromatic nitrogens is 1. The second kappa shape index (κ2) is 8.83. The van der Waals surface area contributed by atoms with Gasteiger partial charge in [0.15, 0.2) is 0 Å². The number of fused-ring (bicyclic) bond motifs is 1. The summed E-state index contributed by atoms with van der Waals surface area (Å²) in [5, 5.41) is 9.95. The zero-order valence-electron chi connectivity index (χ0n) is 17.8. The van der Waals surface area contributed by atoms with Gasteiger partial charge in [-0.1, -0.05) is 0 Å². The predicted molar refractivity (Wildman–Crippen MR) is 116 cm³/mol. The monoisotopic (exact) mass is 480 g/mol. The van der Waals surface area contributed by atoms with Gasteiger partial charge in [0.05, 0.1) is 0 Å². The first kappa shape index (κ1) is 23.3. The highest BCUT2D eigenvalue weighted by molar-refractivity contribution is 7.89. The SMILES string of the molecule is Cc1c(C2CCC(NS(=O)(=O)c3ccc(F)cc3F)CC2)c2cc(F)ccc2n1CC(=O)O. The first-order valence-corrected chi connectivity index (χ1v) is 12.0. The summed E-state index contributed by atoms with van der Waals surface area (Å²) < 4.78 is 70.4. The van der Waals surface area contributed by atoms with E-state index in [1.807, 2.05) is 6.92 Å². The third-order valence-corrected chi connectivity index (χ3v) is 7.82. The molecule has 3 aromatic rings. The molecular weight excluding hydrogens is 457 g/mol. The molecule has 0 atom stereocenters. The molecule has 1 aliphatic carbocycles. The summed E-state index contributed by atoms with van der Waals surface area (Å²) >= 11 is 0. The average Bonchev–Trinajstić information content (AvgIpc) is 2.98. The van der Waals surface area contributed by atoms with Crippen LogP contribution in [-0.4, -0.2) is 30.1 Å². The second-order valence-corrected chi connectivity index (χ2v) is 10.1. The third kappa shape index (κ3) is 4.63. The lowest BCUT2D eigenvalue weighted by molar-refractivity contribution is -0.137. The molecule has 33 heavy (non-hydrogen) atoms. The Morgan fingerprint density at radius 2 is 1.70 bits per heavy atom. The smallest absolute Gasteiger partial charge is 0.323 e. The summed E-state index contributed by atoms with van der Waals surface area (Å²) in [5.41, 5.74) is 2.26. The fourth-order valence-corrected chi connectivity index (χ4v) is 6.18. The number of halogens is 3. The van der Waals surface area contributed by atoms with Crippen molar-refractivity contribution < 1.29 is 31.5 Å². The Balaban J connectivity index is 1.55. The highest BCUT2D eigenvalue weighted by Crippen LogP contribution is 2.40. The molecule has 4 rings (SSSR count). The average molecular weight is 481 g/mol. The number of hydrogen-bond acceptors (Lipinski definition) is 3. The number of sulfonamides is 1. The van der Waals surface area contributed by atoms with Crippen molar-refractivity contribution in [3.8, 4) is 0 Å². The molecule has 6 nitrogen and oxygen atoms in total. The van der Waals surface area contributed by atoms with Gasteiger partial charge in [-0.15, -0.1) is 0 Å². The first-order chi connectivity index (χ1) is 15.6. The molecule has 2 aromatic carbocycles. The number of nitrogens with one attached hydrogen (secondary N) is 1. The number of carbonyl (C=O) groups is 1. The highest BCUT2D eigenvalue weighted by atomic mass is 32.2. The zero-order valence-corrected chi connectivity index (χ0v) is 18.6. The van der Waals surface area contributed by atoms with Crippen LogP contribution >= 0.6 is 0 Å². The van der Waals surface area contributed by atoms with Crippen LogP contribution in [0.2, 0.25) is 0 Å². The van der Waals surface area contributed by atoms with Gasteiger partial charge in [0, 0.05) is 28.7 Å². The molecule has 0 amide bonds. The van der Waals surface area contributed by atoms with Crippen LogP contribution in [0, 0.1) is 24.4 Å². The number of nitrogens with zero attached hydrogens (tertiary/aromatic N) is 1. The largest absolute Gasteiger partial charge is 0.480 e. The number of aliphatic carboxylic acids is 1. The minimum absolute atomic E-state index is 0.00680. The van der Waals surface area contributed by atoms with Crippen LogP contribution in [0.5, 0.6) is 0 Å². The van der Waals surface area contributed by atoms with Crippen molar-refractivity contribution in [1.82, 2.24) is 9.29 Å². The van der Waals surface area contributed by atoms with Crippen molar-refractivity contribution in [3.63, 3.8) is 0 Å². The van der Waals surface area contributed by atoms with Gasteiger partial charge in [0.2, 0.25) is 10.0 Å². The summed E-state index contributed by atoms with van der Waals surface area (Å²) in [7, 11) is -4.16. The Bertz CT molecular complexity index is 1330. The topological polar surface area (TPSA) is 88.4 Å². The van der Waals surface area contributed by atoms with Crippen LogP contribution in [0.25, 0.3) is 10.9 Å². The molecule has 1 heterocycles. The molecule has 1 fully saturated rings. The molecule has 2 N–H and O–H groups in total. The fourth-order valence-electron chi connectivity index (χ4n) is 4.81. The van der Waals surface area contributed by atoms with E-state index < -0.39 is 44.4 Å². The zero-order chi connectivity index (χ0) is 23.9. The van der Waals surface area contributed by atoms with Crippen molar-refractivity contribution in [2.45, 2.75) is 56.0 Å². The fraction of sp³-hybridized carbons (Fsp3) is 0.348.